The minimum Gasteiger partial charge on any atom is -0.467 e. The van der Waals surface area contributed by atoms with E-state index < -0.39 is 17.9 Å². The first-order valence-electron chi connectivity index (χ1n) is 5.06. The van der Waals surface area contributed by atoms with Crippen molar-refractivity contribution in [2.75, 3.05) is 12.8 Å². The maximum atomic E-state index is 11.8. The Morgan fingerprint density at radius 3 is 2.76 bits per heavy atom. The largest absolute Gasteiger partial charge is 0.467 e. The zero-order chi connectivity index (χ0) is 13.0. The first kappa shape index (κ1) is 13.0. The Morgan fingerprint density at radius 1 is 1.53 bits per heavy atom. The predicted molar refractivity (Wildman–Crippen MR) is 62.3 cm³/mol. The Bertz CT molecular complexity index is 446. The third-order valence-electron chi connectivity index (χ3n) is 2.26. The molecule has 1 aromatic rings. The van der Waals surface area contributed by atoms with Crippen LogP contribution in [0, 0.1) is 6.92 Å². The summed E-state index contributed by atoms with van der Waals surface area (Å²) in [5.41, 5.74) is 6.84. The minimum atomic E-state index is -0.715. The van der Waals surface area contributed by atoms with Crippen molar-refractivity contribution in [1.29, 1.82) is 0 Å². The normalized spacial score (nSPS) is 11.7. The molecule has 0 aliphatic heterocycles. The maximum absolute atomic E-state index is 11.8. The van der Waals surface area contributed by atoms with E-state index in [9.17, 15) is 9.59 Å². The summed E-state index contributed by atoms with van der Waals surface area (Å²) in [6.07, 6.45) is 1.47. The molecule has 0 spiro atoms. The molecule has 0 bridgehead atoms. The number of pyridine rings is 1. The molecule has 0 aromatic carbocycles. The number of esters is 1. The predicted octanol–water partition coefficient (Wildman–Crippen LogP) is 0.264. The number of methoxy groups -OCH3 is 1. The van der Waals surface area contributed by atoms with Crippen molar-refractivity contribution < 1.29 is 14.3 Å². The summed E-state index contributed by atoms with van der Waals surface area (Å²) in [5.74, 6) is -0.909. The Hall–Kier alpha value is -2.11. The minimum absolute atomic E-state index is 0.348. The van der Waals surface area contributed by atoms with E-state index >= 15 is 0 Å². The topological polar surface area (TPSA) is 94.3 Å². The molecule has 0 saturated carbocycles. The van der Waals surface area contributed by atoms with E-state index in [0.29, 0.717) is 16.9 Å². The van der Waals surface area contributed by atoms with Crippen molar-refractivity contribution in [2.24, 2.45) is 0 Å². The SMILES string of the molecule is COC(=O)C(C)NC(=O)c1cc(N)cnc1C. The molecule has 3 N–H and O–H groups in total. The molecule has 1 amide bonds. The second kappa shape index (κ2) is 5.29. The zero-order valence-electron chi connectivity index (χ0n) is 9.98. The number of anilines is 1. The third-order valence-corrected chi connectivity index (χ3v) is 2.26. The lowest BCUT2D eigenvalue weighted by Crippen LogP contribution is -2.39. The molecule has 0 fully saturated rings. The summed E-state index contributed by atoms with van der Waals surface area (Å²) < 4.78 is 4.51. The number of aromatic nitrogens is 1. The summed E-state index contributed by atoms with van der Waals surface area (Å²) in [6, 6.07) is 0.801. The van der Waals surface area contributed by atoms with E-state index in [1.54, 1.807) is 13.8 Å². The Kier molecular flexibility index (Phi) is 4.03. The van der Waals surface area contributed by atoms with Crippen molar-refractivity contribution >= 4 is 17.6 Å². The third kappa shape index (κ3) is 3.17. The van der Waals surface area contributed by atoms with Crippen molar-refractivity contribution in [3.05, 3.63) is 23.5 Å². The lowest BCUT2D eigenvalue weighted by molar-refractivity contribution is -0.142. The van der Waals surface area contributed by atoms with Gasteiger partial charge in [-0.3, -0.25) is 9.78 Å². The number of carbonyl (C=O) groups excluding carboxylic acids is 2. The summed E-state index contributed by atoms with van der Waals surface area (Å²) in [7, 11) is 1.26. The highest BCUT2D eigenvalue weighted by Crippen LogP contribution is 2.09. The van der Waals surface area contributed by atoms with Crippen LogP contribution in [0.2, 0.25) is 0 Å². The molecule has 0 aliphatic rings. The van der Waals surface area contributed by atoms with Crippen LogP contribution < -0.4 is 11.1 Å². The lowest BCUT2D eigenvalue weighted by Gasteiger charge is -2.12. The van der Waals surface area contributed by atoms with Crippen LogP contribution in [-0.4, -0.2) is 30.0 Å². The molecule has 6 nitrogen and oxygen atoms in total. The number of amides is 1. The van der Waals surface area contributed by atoms with Crippen molar-refractivity contribution in [1.82, 2.24) is 10.3 Å². The number of hydrogen-bond acceptors (Lipinski definition) is 5. The Balaban J connectivity index is 2.83. The van der Waals surface area contributed by atoms with Gasteiger partial charge in [0.25, 0.3) is 5.91 Å². The van der Waals surface area contributed by atoms with E-state index in [1.807, 2.05) is 0 Å². The molecular formula is C11H15N3O3. The highest BCUT2D eigenvalue weighted by Gasteiger charge is 2.18. The van der Waals surface area contributed by atoms with Gasteiger partial charge in [-0.05, 0) is 19.9 Å². The smallest absolute Gasteiger partial charge is 0.328 e. The van der Waals surface area contributed by atoms with Gasteiger partial charge < -0.3 is 15.8 Å². The van der Waals surface area contributed by atoms with Gasteiger partial charge in [0, 0.05) is 0 Å². The van der Waals surface area contributed by atoms with Gasteiger partial charge in [0.1, 0.15) is 6.04 Å². The molecule has 0 radical (unpaired) electrons. The van der Waals surface area contributed by atoms with Crippen LogP contribution in [0.5, 0.6) is 0 Å². The van der Waals surface area contributed by atoms with Crippen LogP contribution >= 0.6 is 0 Å². The number of nitrogens with one attached hydrogen (secondary N) is 1. The first-order valence-corrected chi connectivity index (χ1v) is 5.06. The summed E-state index contributed by atoms with van der Waals surface area (Å²) >= 11 is 0. The molecular weight excluding hydrogens is 222 g/mol. The average Bonchev–Trinajstić information content (AvgIpc) is 2.30. The molecule has 0 saturated heterocycles. The van der Waals surface area contributed by atoms with Crippen LogP contribution in [0.25, 0.3) is 0 Å². The van der Waals surface area contributed by atoms with Gasteiger partial charge in [0.2, 0.25) is 0 Å². The number of nitrogens with zero attached hydrogens (tertiary/aromatic N) is 1. The number of ether oxygens (including phenoxy) is 1. The highest BCUT2D eigenvalue weighted by atomic mass is 16.5. The van der Waals surface area contributed by atoms with Gasteiger partial charge in [-0.2, -0.15) is 0 Å². The van der Waals surface area contributed by atoms with Crippen LogP contribution in [0.4, 0.5) is 5.69 Å². The number of rotatable bonds is 3. The average molecular weight is 237 g/mol. The number of nitrogens with two attached hydrogens (primary N) is 1. The first-order chi connectivity index (χ1) is 7.95. The highest BCUT2D eigenvalue weighted by molar-refractivity contribution is 5.98. The summed E-state index contributed by atoms with van der Waals surface area (Å²) in [5, 5.41) is 2.51. The van der Waals surface area contributed by atoms with Crippen LogP contribution in [0.3, 0.4) is 0 Å². The van der Waals surface area contributed by atoms with Gasteiger partial charge in [0.05, 0.1) is 30.3 Å². The fraction of sp³-hybridized carbons (Fsp3) is 0.364. The molecule has 92 valence electrons. The molecule has 1 unspecified atom stereocenters. The molecule has 1 heterocycles. The van der Waals surface area contributed by atoms with Gasteiger partial charge in [-0.1, -0.05) is 0 Å². The number of hydrogen-bond donors (Lipinski definition) is 2. The fourth-order valence-corrected chi connectivity index (χ4v) is 1.29. The second-order valence-corrected chi connectivity index (χ2v) is 3.62. The van der Waals surface area contributed by atoms with Gasteiger partial charge in [-0.15, -0.1) is 0 Å². The van der Waals surface area contributed by atoms with E-state index in [4.69, 9.17) is 5.73 Å². The molecule has 6 heteroatoms. The van der Waals surface area contributed by atoms with Gasteiger partial charge in [-0.25, -0.2) is 4.79 Å². The van der Waals surface area contributed by atoms with Crippen LogP contribution in [-0.2, 0) is 9.53 Å². The zero-order valence-corrected chi connectivity index (χ0v) is 9.98. The summed E-state index contributed by atoms with van der Waals surface area (Å²) in [4.78, 5) is 27.0. The quantitative estimate of drug-likeness (QED) is 0.735. The molecule has 0 aliphatic carbocycles. The number of aryl methyl sites for hydroxylation is 1. The molecule has 1 rings (SSSR count). The van der Waals surface area contributed by atoms with E-state index in [0.717, 1.165) is 0 Å². The fourth-order valence-electron chi connectivity index (χ4n) is 1.29. The second-order valence-electron chi connectivity index (χ2n) is 3.62. The number of carbonyl (C=O) groups is 2. The maximum Gasteiger partial charge on any atom is 0.328 e. The monoisotopic (exact) mass is 237 g/mol. The van der Waals surface area contributed by atoms with Crippen molar-refractivity contribution in [2.45, 2.75) is 19.9 Å². The molecule has 17 heavy (non-hydrogen) atoms. The van der Waals surface area contributed by atoms with E-state index in [1.165, 1.54) is 19.4 Å². The van der Waals surface area contributed by atoms with E-state index in [-0.39, 0.29) is 0 Å². The lowest BCUT2D eigenvalue weighted by atomic mass is 10.1. The molecule has 1 atom stereocenters. The summed E-state index contributed by atoms with van der Waals surface area (Å²) in [6.45, 7) is 3.23. The standard InChI is InChI=1S/C11H15N3O3/c1-6-9(4-8(12)5-13-6)10(15)14-7(2)11(16)17-3/h4-5,7H,12H2,1-3H3,(H,14,15). The number of nitrogen functional groups attached to an aromatic ring is 1. The van der Waals surface area contributed by atoms with Crippen LogP contribution in [0.15, 0.2) is 12.3 Å². The molecule has 1 aromatic heterocycles. The Labute approximate surface area is 99.2 Å². The van der Waals surface area contributed by atoms with Crippen LogP contribution in [0.1, 0.15) is 23.0 Å². The van der Waals surface area contributed by atoms with E-state index in [2.05, 4.69) is 15.0 Å². The van der Waals surface area contributed by atoms with Gasteiger partial charge >= 0.3 is 5.97 Å². The van der Waals surface area contributed by atoms with Crippen molar-refractivity contribution in [3.63, 3.8) is 0 Å². The van der Waals surface area contributed by atoms with Gasteiger partial charge in [0.15, 0.2) is 0 Å². The van der Waals surface area contributed by atoms with Crippen molar-refractivity contribution in [3.8, 4) is 0 Å². The Morgan fingerprint density at radius 2 is 2.18 bits per heavy atom.